The standard InChI is InChI=1S/C20H16FN3O/c1-12-3-2-4-17(23-12)20-24-18-10-14(5-6-19(18)25-20)15-7-13(11-22)8-16(21)9-15/h2-4,7-9,14H,5-6,10H2,1H3. The highest BCUT2D eigenvalue weighted by molar-refractivity contribution is 5.48. The lowest BCUT2D eigenvalue weighted by atomic mass is 9.84. The molecule has 1 aliphatic rings. The van der Waals surface area contributed by atoms with E-state index in [0.29, 0.717) is 17.9 Å². The average molecular weight is 333 g/mol. The number of hydrogen-bond donors (Lipinski definition) is 0. The van der Waals surface area contributed by atoms with Gasteiger partial charge in [0.1, 0.15) is 17.3 Å². The molecule has 0 amide bonds. The van der Waals surface area contributed by atoms with E-state index in [2.05, 4.69) is 9.97 Å². The first-order valence-electron chi connectivity index (χ1n) is 8.25. The average Bonchev–Trinajstić information content (AvgIpc) is 3.04. The van der Waals surface area contributed by atoms with Gasteiger partial charge in [0, 0.05) is 18.5 Å². The normalized spacial score (nSPS) is 16.3. The molecule has 0 aliphatic heterocycles. The van der Waals surface area contributed by atoms with Crippen molar-refractivity contribution in [2.24, 2.45) is 0 Å². The minimum Gasteiger partial charge on any atom is -0.440 e. The third-order valence-corrected chi connectivity index (χ3v) is 4.57. The van der Waals surface area contributed by atoms with Gasteiger partial charge in [-0.25, -0.2) is 14.4 Å². The molecule has 2 aromatic heterocycles. The molecule has 1 aromatic carbocycles. The van der Waals surface area contributed by atoms with Crippen LogP contribution in [0.5, 0.6) is 0 Å². The van der Waals surface area contributed by atoms with E-state index in [1.807, 2.05) is 31.2 Å². The number of fused-ring (bicyclic) bond motifs is 1. The van der Waals surface area contributed by atoms with E-state index in [1.54, 1.807) is 6.07 Å². The van der Waals surface area contributed by atoms with Crippen LogP contribution in [0.4, 0.5) is 4.39 Å². The molecule has 1 aliphatic carbocycles. The summed E-state index contributed by atoms with van der Waals surface area (Å²) in [5, 5.41) is 9.04. The van der Waals surface area contributed by atoms with Crippen molar-refractivity contribution >= 4 is 0 Å². The Kier molecular flexibility index (Phi) is 3.81. The maximum atomic E-state index is 13.7. The quantitative estimate of drug-likeness (QED) is 0.700. The van der Waals surface area contributed by atoms with Gasteiger partial charge in [0.15, 0.2) is 0 Å². The van der Waals surface area contributed by atoms with Crippen LogP contribution in [0.15, 0.2) is 40.8 Å². The zero-order chi connectivity index (χ0) is 17.4. The van der Waals surface area contributed by atoms with Crippen LogP contribution in [0.3, 0.4) is 0 Å². The van der Waals surface area contributed by atoms with E-state index in [4.69, 9.17) is 9.68 Å². The van der Waals surface area contributed by atoms with Crippen molar-refractivity contribution < 1.29 is 8.81 Å². The molecular formula is C20H16FN3O. The third-order valence-electron chi connectivity index (χ3n) is 4.57. The van der Waals surface area contributed by atoms with Crippen LogP contribution < -0.4 is 0 Å². The number of rotatable bonds is 2. The molecule has 3 aromatic rings. The van der Waals surface area contributed by atoms with Crippen LogP contribution in [0.1, 0.15) is 40.6 Å². The minimum absolute atomic E-state index is 0.138. The largest absolute Gasteiger partial charge is 0.440 e. The first-order chi connectivity index (χ1) is 12.1. The summed E-state index contributed by atoms with van der Waals surface area (Å²) >= 11 is 0. The van der Waals surface area contributed by atoms with E-state index in [9.17, 15) is 4.39 Å². The van der Waals surface area contributed by atoms with Crippen LogP contribution in [-0.4, -0.2) is 9.97 Å². The maximum absolute atomic E-state index is 13.7. The second kappa shape index (κ2) is 6.14. The molecule has 0 radical (unpaired) electrons. The van der Waals surface area contributed by atoms with Gasteiger partial charge in [0.05, 0.1) is 17.3 Å². The Morgan fingerprint density at radius 2 is 2.12 bits per heavy atom. The molecule has 4 nitrogen and oxygen atoms in total. The molecule has 0 saturated heterocycles. The molecule has 0 spiro atoms. The zero-order valence-electron chi connectivity index (χ0n) is 13.8. The Morgan fingerprint density at radius 1 is 1.24 bits per heavy atom. The Labute approximate surface area is 145 Å². The van der Waals surface area contributed by atoms with Crippen LogP contribution in [-0.2, 0) is 12.8 Å². The van der Waals surface area contributed by atoms with Crippen LogP contribution >= 0.6 is 0 Å². The number of benzene rings is 1. The summed E-state index contributed by atoms with van der Waals surface area (Å²) in [6.07, 6.45) is 2.27. The van der Waals surface area contributed by atoms with Crippen molar-refractivity contribution in [2.75, 3.05) is 0 Å². The number of nitrogens with zero attached hydrogens (tertiary/aromatic N) is 3. The molecule has 5 heteroatoms. The fourth-order valence-corrected chi connectivity index (χ4v) is 3.35. The van der Waals surface area contributed by atoms with E-state index < -0.39 is 0 Å². The van der Waals surface area contributed by atoms with Crippen LogP contribution in [0.25, 0.3) is 11.6 Å². The molecule has 25 heavy (non-hydrogen) atoms. The summed E-state index contributed by atoms with van der Waals surface area (Å²) in [7, 11) is 0. The highest BCUT2D eigenvalue weighted by Gasteiger charge is 2.26. The van der Waals surface area contributed by atoms with Gasteiger partial charge >= 0.3 is 0 Å². The lowest BCUT2D eigenvalue weighted by Crippen LogP contribution is -2.12. The van der Waals surface area contributed by atoms with Crippen molar-refractivity contribution in [3.05, 3.63) is 70.5 Å². The second-order valence-corrected chi connectivity index (χ2v) is 6.38. The van der Waals surface area contributed by atoms with Crippen LogP contribution in [0.2, 0.25) is 0 Å². The summed E-state index contributed by atoms with van der Waals surface area (Å²) in [6, 6.07) is 12.3. The Morgan fingerprint density at radius 3 is 2.92 bits per heavy atom. The fourth-order valence-electron chi connectivity index (χ4n) is 3.35. The zero-order valence-corrected chi connectivity index (χ0v) is 13.8. The first kappa shape index (κ1) is 15.5. The monoisotopic (exact) mass is 333 g/mol. The summed E-state index contributed by atoms with van der Waals surface area (Å²) in [5.74, 6) is 1.18. The number of pyridine rings is 1. The van der Waals surface area contributed by atoms with Crippen molar-refractivity contribution in [3.8, 4) is 17.7 Å². The molecular weight excluding hydrogens is 317 g/mol. The van der Waals surface area contributed by atoms with Crippen molar-refractivity contribution in [1.29, 1.82) is 5.26 Å². The molecule has 2 heterocycles. The van der Waals surface area contributed by atoms with E-state index in [0.717, 1.165) is 41.2 Å². The van der Waals surface area contributed by atoms with Gasteiger partial charge in [0.25, 0.3) is 0 Å². The predicted molar refractivity (Wildman–Crippen MR) is 90.4 cm³/mol. The topological polar surface area (TPSA) is 62.7 Å². The van der Waals surface area contributed by atoms with E-state index >= 15 is 0 Å². The van der Waals surface area contributed by atoms with Gasteiger partial charge in [-0.15, -0.1) is 0 Å². The van der Waals surface area contributed by atoms with Crippen molar-refractivity contribution in [2.45, 2.75) is 32.1 Å². The van der Waals surface area contributed by atoms with E-state index in [-0.39, 0.29) is 11.7 Å². The molecule has 124 valence electrons. The minimum atomic E-state index is -0.371. The molecule has 0 bridgehead atoms. The molecule has 1 unspecified atom stereocenters. The summed E-state index contributed by atoms with van der Waals surface area (Å²) < 4.78 is 19.6. The van der Waals surface area contributed by atoms with Crippen molar-refractivity contribution in [1.82, 2.24) is 9.97 Å². The Bertz CT molecular complexity index is 987. The molecule has 0 N–H and O–H groups in total. The molecule has 4 rings (SSSR count). The highest BCUT2D eigenvalue weighted by atomic mass is 19.1. The lowest BCUT2D eigenvalue weighted by Gasteiger charge is -2.20. The van der Waals surface area contributed by atoms with Crippen LogP contribution in [0, 0.1) is 24.1 Å². The van der Waals surface area contributed by atoms with Gasteiger partial charge in [-0.05, 0) is 55.2 Å². The first-order valence-corrected chi connectivity index (χ1v) is 8.25. The van der Waals surface area contributed by atoms with Gasteiger partial charge < -0.3 is 4.42 Å². The SMILES string of the molecule is Cc1cccc(-c2nc3c(o2)CCC(c2cc(F)cc(C#N)c2)C3)n1. The number of nitriles is 1. The van der Waals surface area contributed by atoms with E-state index in [1.165, 1.54) is 12.1 Å². The fraction of sp³-hybridized carbons (Fsp3) is 0.250. The Hall–Kier alpha value is -3.00. The number of hydrogen-bond acceptors (Lipinski definition) is 4. The predicted octanol–water partition coefficient (Wildman–Crippen LogP) is 4.33. The highest BCUT2D eigenvalue weighted by Crippen LogP contribution is 2.35. The lowest BCUT2D eigenvalue weighted by molar-refractivity contribution is 0.463. The third kappa shape index (κ3) is 3.03. The molecule has 0 saturated carbocycles. The van der Waals surface area contributed by atoms with Gasteiger partial charge in [-0.2, -0.15) is 5.26 Å². The number of aryl methyl sites for hydroxylation is 2. The molecule has 0 fully saturated rings. The maximum Gasteiger partial charge on any atom is 0.245 e. The van der Waals surface area contributed by atoms with Gasteiger partial charge in [-0.3, -0.25) is 0 Å². The van der Waals surface area contributed by atoms with Crippen molar-refractivity contribution in [3.63, 3.8) is 0 Å². The second-order valence-electron chi connectivity index (χ2n) is 6.38. The number of halogens is 1. The summed E-state index contributed by atoms with van der Waals surface area (Å²) in [5.41, 5.74) is 3.74. The molecule has 1 atom stereocenters. The van der Waals surface area contributed by atoms with Gasteiger partial charge in [-0.1, -0.05) is 6.07 Å². The smallest absolute Gasteiger partial charge is 0.245 e. The Balaban J connectivity index is 1.64. The van der Waals surface area contributed by atoms with Gasteiger partial charge in [0.2, 0.25) is 5.89 Å². The number of oxazole rings is 1. The number of aromatic nitrogens is 2. The summed E-state index contributed by atoms with van der Waals surface area (Å²) in [4.78, 5) is 9.07. The summed E-state index contributed by atoms with van der Waals surface area (Å²) in [6.45, 7) is 1.93.